The smallest absolute Gasteiger partial charge is 0.356 e. The minimum absolute atomic E-state index is 0.0225. The number of carboxylic acids is 1. The lowest BCUT2D eigenvalue weighted by Gasteiger charge is -2.23. The van der Waals surface area contributed by atoms with Crippen molar-refractivity contribution in [3.63, 3.8) is 0 Å². The van der Waals surface area contributed by atoms with Gasteiger partial charge in [-0.05, 0) is 59.2 Å². The van der Waals surface area contributed by atoms with Gasteiger partial charge in [0.1, 0.15) is 10.6 Å². The molecular weight excluding hydrogens is 448 g/mol. The summed E-state index contributed by atoms with van der Waals surface area (Å²) >= 11 is 0. The molecule has 11 heteroatoms. The molecule has 0 unspecified atom stereocenters. The first-order valence-electron chi connectivity index (χ1n) is 10.7. The number of ether oxygens (including phenoxy) is 1. The van der Waals surface area contributed by atoms with E-state index in [1.165, 1.54) is 22.9 Å². The van der Waals surface area contributed by atoms with Gasteiger partial charge in [-0.25, -0.2) is 22.6 Å². The third-order valence-electron chi connectivity index (χ3n) is 4.92. The Kier molecular flexibility index (Phi) is 7.91. The van der Waals surface area contributed by atoms with Gasteiger partial charge in [0, 0.05) is 23.7 Å². The van der Waals surface area contributed by atoms with E-state index in [0.717, 1.165) is 0 Å². The third-order valence-corrected chi connectivity index (χ3v) is 6.53. The standard InChI is InChI=1S/C22H32N4O6S/c1-8-13(3)25-33(30,31)17-12-15(23-18(27)9-2)10-11-16(17)32-20-14(4)19(21(28)29)24-26(20)22(5,6)7/h10-13,25H,8-9H2,1-7H3,(H,23,27)(H,28,29)/t13-/m0/s1. The maximum atomic E-state index is 13.2. The fourth-order valence-corrected chi connectivity index (χ4v) is 4.38. The zero-order chi connectivity index (χ0) is 25.1. The van der Waals surface area contributed by atoms with Crippen LogP contribution in [0.3, 0.4) is 0 Å². The minimum Gasteiger partial charge on any atom is -0.476 e. The average molecular weight is 481 g/mol. The number of rotatable bonds is 9. The number of aromatic carboxylic acids is 1. The van der Waals surface area contributed by atoms with Crippen LogP contribution in [0.2, 0.25) is 0 Å². The van der Waals surface area contributed by atoms with Crippen LogP contribution < -0.4 is 14.8 Å². The van der Waals surface area contributed by atoms with E-state index in [9.17, 15) is 23.1 Å². The number of amides is 1. The number of carbonyl (C=O) groups is 2. The highest BCUT2D eigenvalue weighted by Crippen LogP contribution is 2.36. The zero-order valence-electron chi connectivity index (χ0n) is 20.0. The highest BCUT2D eigenvalue weighted by Gasteiger charge is 2.30. The van der Waals surface area contributed by atoms with E-state index >= 15 is 0 Å². The summed E-state index contributed by atoms with van der Waals surface area (Å²) in [7, 11) is -4.03. The summed E-state index contributed by atoms with van der Waals surface area (Å²) < 4.78 is 36.4. The Bertz CT molecular complexity index is 1150. The number of sulfonamides is 1. The van der Waals surface area contributed by atoms with Crippen molar-refractivity contribution in [2.75, 3.05) is 5.32 Å². The van der Waals surface area contributed by atoms with Crippen LogP contribution in [0.25, 0.3) is 0 Å². The molecule has 0 aliphatic heterocycles. The van der Waals surface area contributed by atoms with E-state index in [1.807, 2.05) is 27.7 Å². The van der Waals surface area contributed by atoms with Crippen LogP contribution in [0.5, 0.6) is 11.6 Å². The SMILES string of the molecule is CCC(=O)Nc1ccc(Oc2c(C)c(C(=O)O)nn2C(C)(C)C)c(S(=O)(=O)N[C@@H](C)CC)c1. The predicted octanol–water partition coefficient (Wildman–Crippen LogP) is 3.86. The van der Waals surface area contributed by atoms with Gasteiger partial charge in [-0.2, -0.15) is 5.10 Å². The van der Waals surface area contributed by atoms with E-state index in [-0.39, 0.29) is 46.2 Å². The molecule has 2 rings (SSSR count). The number of anilines is 1. The molecule has 1 amide bonds. The van der Waals surface area contributed by atoms with Crippen molar-refractivity contribution in [1.29, 1.82) is 0 Å². The lowest BCUT2D eigenvalue weighted by atomic mass is 10.1. The first kappa shape index (κ1) is 26.3. The molecule has 1 heterocycles. The molecule has 0 aliphatic rings. The number of nitrogens with one attached hydrogen (secondary N) is 2. The molecule has 0 radical (unpaired) electrons. The van der Waals surface area contributed by atoms with Crippen LogP contribution in [0.15, 0.2) is 23.1 Å². The Labute approximate surface area is 194 Å². The number of benzene rings is 1. The Balaban J connectivity index is 2.68. The molecule has 1 aromatic heterocycles. The van der Waals surface area contributed by atoms with Crippen LogP contribution in [-0.4, -0.2) is 41.2 Å². The van der Waals surface area contributed by atoms with Gasteiger partial charge in [0.2, 0.25) is 21.8 Å². The molecule has 0 bridgehead atoms. The molecule has 2 aromatic rings. The van der Waals surface area contributed by atoms with E-state index in [4.69, 9.17) is 4.74 Å². The highest BCUT2D eigenvalue weighted by molar-refractivity contribution is 7.89. The Morgan fingerprint density at radius 2 is 1.88 bits per heavy atom. The van der Waals surface area contributed by atoms with Gasteiger partial charge in [-0.3, -0.25) is 4.79 Å². The van der Waals surface area contributed by atoms with Gasteiger partial charge in [0.15, 0.2) is 5.69 Å². The van der Waals surface area contributed by atoms with E-state index in [2.05, 4.69) is 15.1 Å². The van der Waals surface area contributed by atoms with Gasteiger partial charge in [0.05, 0.1) is 5.54 Å². The third kappa shape index (κ3) is 6.11. The Morgan fingerprint density at radius 1 is 1.24 bits per heavy atom. The number of carbonyl (C=O) groups excluding carboxylic acids is 1. The molecule has 0 fully saturated rings. The first-order chi connectivity index (χ1) is 15.2. The lowest BCUT2D eigenvalue weighted by molar-refractivity contribution is -0.115. The summed E-state index contributed by atoms with van der Waals surface area (Å²) in [6.45, 7) is 12.3. The van der Waals surface area contributed by atoms with Gasteiger partial charge < -0.3 is 15.2 Å². The molecule has 0 saturated carbocycles. The van der Waals surface area contributed by atoms with Gasteiger partial charge in [0.25, 0.3) is 0 Å². The van der Waals surface area contributed by atoms with E-state index in [1.54, 1.807) is 20.8 Å². The molecule has 0 aliphatic carbocycles. The van der Waals surface area contributed by atoms with Crippen molar-refractivity contribution in [2.45, 2.75) is 77.8 Å². The maximum absolute atomic E-state index is 13.2. The summed E-state index contributed by atoms with van der Waals surface area (Å²) in [5.41, 5.74) is -0.268. The van der Waals surface area contributed by atoms with Crippen LogP contribution in [0.4, 0.5) is 5.69 Å². The second kappa shape index (κ2) is 9.92. The normalized spacial score (nSPS) is 12.9. The van der Waals surface area contributed by atoms with Crippen molar-refractivity contribution < 1.29 is 27.9 Å². The summed E-state index contributed by atoms with van der Waals surface area (Å²) in [5.74, 6) is -1.39. The lowest BCUT2D eigenvalue weighted by Crippen LogP contribution is -2.32. The summed E-state index contributed by atoms with van der Waals surface area (Å²) in [4.78, 5) is 23.3. The molecule has 3 N–H and O–H groups in total. The van der Waals surface area contributed by atoms with Crippen molar-refractivity contribution in [3.05, 3.63) is 29.5 Å². The average Bonchev–Trinajstić information content (AvgIpc) is 3.05. The summed E-state index contributed by atoms with van der Waals surface area (Å²) in [6.07, 6.45) is 0.799. The van der Waals surface area contributed by atoms with Crippen molar-refractivity contribution in [2.24, 2.45) is 0 Å². The molecule has 1 aromatic carbocycles. The quantitative estimate of drug-likeness (QED) is 0.495. The van der Waals surface area contributed by atoms with Crippen LogP contribution >= 0.6 is 0 Å². The van der Waals surface area contributed by atoms with Gasteiger partial charge in [-0.15, -0.1) is 0 Å². The van der Waals surface area contributed by atoms with E-state index in [0.29, 0.717) is 12.1 Å². The maximum Gasteiger partial charge on any atom is 0.356 e. The van der Waals surface area contributed by atoms with Gasteiger partial charge in [-0.1, -0.05) is 13.8 Å². The number of nitrogens with zero attached hydrogens (tertiary/aromatic N) is 2. The second-order valence-corrected chi connectivity index (χ2v) is 10.4. The first-order valence-corrected chi connectivity index (χ1v) is 12.2. The molecule has 182 valence electrons. The molecule has 0 saturated heterocycles. The second-order valence-electron chi connectivity index (χ2n) is 8.76. The van der Waals surface area contributed by atoms with Crippen LogP contribution in [-0.2, 0) is 20.4 Å². The van der Waals surface area contributed by atoms with Crippen molar-refractivity contribution in [3.8, 4) is 11.6 Å². The Hall–Kier alpha value is -2.92. The number of carboxylic acid groups (broad SMARTS) is 1. The molecule has 0 spiro atoms. The number of hydrogen-bond donors (Lipinski definition) is 3. The molecule has 10 nitrogen and oxygen atoms in total. The number of hydrogen-bond acceptors (Lipinski definition) is 6. The highest BCUT2D eigenvalue weighted by atomic mass is 32.2. The van der Waals surface area contributed by atoms with Crippen molar-refractivity contribution in [1.82, 2.24) is 14.5 Å². The molecule has 33 heavy (non-hydrogen) atoms. The molecular formula is C22H32N4O6S. The largest absolute Gasteiger partial charge is 0.476 e. The topological polar surface area (TPSA) is 140 Å². The Morgan fingerprint density at radius 3 is 2.39 bits per heavy atom. The van der Waals surface area contributed by atoms with Crippen LogP contribution in [0, 0.1) is 6.92 Å². The minimum atomic E-state index is -4.03. The van der Waals surface area contributed by atoms with Crippen LogP contribution in [0.1, 0.15) is 70.4 Å². The number of aromatic nitrogens is 2. The monoisotopic (exact) mass is 480 g/mol. The fourth-order valence-electron chi connectivity index (χ4n) is 2.90. The fraction of sp³-hybridized carbons (Fsp3) is 0.500. The van der Waals surface area contributed by atoms with Crippen molar-refractivity contribution >= 4 is 27.6 Å². The van der Waals surface area contributed by atoms with E-state index < -0.39 is 21.5 Å². The van der Waals surface area contributed by atoms with Gasteiger partial charge >= 0.3 is 5.97 Å². The zero-order valence-corrected chi connectivity index (χ0v) is 20.8. The molecule has 1 atom stereocenters. The summed E-state index contributed by atoms with van der Waals surface area (Å²) in [5, 5.41) is 16.3. The predicted molar refractivity (Wildman–Crippen MR) is 124 cm³/mol. The summed E-state index contributed by atoms with van der Waals surface area (Å²) in [6, 6.07) is 3.93.